The molecule has 14 heavy (non-hydrogen) atoms. The summed E-state index contributed by atoms with van der Waals surface area (Å²) < 4.78 is 35.9. The molecule has 0 aromatic rings. The molecule has 0 heterocycles. The predicted molar refractivity (Wildman–Crippen MR) is 46.8 cm³/mol. The first kappa shape index (κ1) is 11.5. The molecule has 0 saturated heterocycles. The highest BCUT2D eigenvalue weighted by Crippen LogP contribution is 2.53. The Balaban J connectivity index is 2.48. The quantitative estimate of drug-likeness (QED) is 0.692. The first-order chi connectivity index (χ1) is 6.27. The average molecular weight is 208 g/mol. The van der Waals surface area contributed by atoms with Crippen molar-refractivity contribution in [3.63, 3.8) is 0 Å². The molecule has 1 saturated carbocycles. The summed E-state index contributed by atoms with van der Waals surface area (Å²) in [5.41, 5.74) is -0.621. The fourth-order valence-electron chi connectivity index (χ4n) is 1.76. The standard InChI is InChI=1S/C10H15F3O/c1-7(2)8(14)9(3-4-9)5-6-10(11,12)13/h7H,3-6H2,1-2H3. The van der Waals surface area contributed by atoms with Crippen LogP contribution in [0.5, 0.6) is 0 Å². The van der Waals surface area contributed by atoms with E-state index >= 15 is 0 Å². The van der Waals surface area contributed by atoms with Gasteiger partial charge in [0.15, 0.2) is 0 Å². The third-order valence-corrected chi connectivity index (χ3v) is 2.79. The number of hydrogen-bond donors (Lipinski definition) is 0. The van der Waals surface area contributed by atoms with Crippen molar-refractivity contribution in [1.29, 1.82) is 0 Å². The van der Waals surface area contributed by atoms with Crippen molar-refractivity contribution >= 4 is 5.78 Å². The van der Waals surface area contributed by atoms with Crippen molar-refractivity contribution in [2.75, 3.05) is 0 Å². The monoisotopic (exact) mass is 208 g/mol. The molecule has 0 aromatic carbocycles. The van der Waals surface area contributed by atoms with Gasteiger partial charge in [0.2, 0.25) is 0 Å². The molecule has 0 aliphatic heterocycles. The minimum absolute atomic E-state index is 0.00162. The highest BCUT2D eigenvalue weighted by atomic mass is 19.4. The van der Waals surface area contributed by atoms with Crippen LogP contribution in [-0.4, -0.2) is 12.0 Å². The maximum atomic E-state index is 12.0. The molecule has 0 amide bonds. The molecule has 0 spiro atoms. The SMILES string of the molecule is CC(C)C(=O)C1(CCC(F)(F)F)CC1. The lowest BCUT2D eigenvalue weighted by molar-refractivity contribution is -0.142. The molecule has 1 fully saturated rings. The Morgan fingerprint density at radius 2 is 1.86 bits per heavy atom. The molecule has 82 valence electrons. The van der Waals surface area contributed by atoms with Crippen LogP contribution in [0.3, 0.4) is 0 Å². The van der Waals surface area contributed by atoms with Gasteiger partial charge in [0.25, 0.3) is 0 Å². The van der Waals surface area contributed by atoms with Gasteiger partial charge in [-0.2, -0.15) is 13.2 Å². The Morgan fingerprint density at radius 1 is 1.36 bits per heavy atom. The number of halogens is 3. The lowest BCUT2D eigenvalue weighted by atomic mass is 9.88. The van der Waals surface area contributed by atoms with Crippen LogP contribution in [0.25, 0.3) is 0 Å². The van der Waals surface area contributed by atoms with Crippen LogP contribution in [0.4, 0.5) is 13.2 Å². The third kappa shape index (κ3) is 2.72. The fraction of sp³-hybridized carbons (Fsp3) is 0.900. The van der Waals surface area contributed by atoms with Crippen LogP contribution in [0.1, 0.15) is 39.5 Å². The largest absolute Gasteiger partial charge is 0.389 e. The van der Waals surface area contributed by atoms with Gasteiger partial charge in [-0.25, -0.2) is 0 Å². The minimum Gasteiger partial charge on any atom is -0.299 e. The molecule has 1 aliphatic carbocycles. The Kier molecular flexibility index (Phi) is 2.93. The molecule has 0 atom stereocenters. The summed E-state index contributed by atoms with van der Waals surface area (Å²) in [7, 11) is 0. The summed E-state index contributed by atoms with van der Waals surface area (Å²) in [6.07, 6.45) is -3.70. The van der Waals surface area contributed by atoms with Crippen molar-refractivity contribution in [2.45, 2.75) is 45.7 Å². The van der Waals surface area contributed by atoms with Gasteiger partial charge in [-0.05, 0) is 19.3 Å². The van der Waals surface area contributed by atoms with Crippen LogP contribution in [0.2, 0.25) is 0 Å². The number of hydrogen-bond acceptors (Lipinski definition) is 1. The second-order valence-corrected chi connectivity index (χ2v) is 4.41. The number of Topliss-reactive ketones (excluding diaryl/α,β-unsaturated/α-hetero) is 1. The van der Waals surface area contributed by atoms with E-state index in [1.807, 2.05) is 0 Å². The van der Waals surface area contributed by atoms with Crippen LogP contribution in [0, 0.1) is 11.3 Å². The fourth-order valence-corrected chi connectivity index (χ4v) is 1.76. The zero-order valence-corrected chi connectivity index (χ0v) is 8.45. The zero-order chi connectivity index (χ0) is 11.0. The van der Waals surface area contributed by atoms with Gasteiger partial charge in [-0.3, -0.25) is 4.79 Å². The van der Waals surface area contributed by atoms with E-state index in [1.54, 1.807) is 13.8 Å². The Bertz CT molecular complexity index is 226. The van der Waals surface area contributed by atoms with Gasteiger partial charge in [0.1, 0.15) is 5.78 Å². The number of ketones is 1. The maximum absolute atomic E-state index is 12.0. The summed E-state index contributed by atoms with van der Waals surface area (Å²) in [6.45, 7) is 3.49. The van der Waals surface area contributed by atoms with E-state index in [4.69, 9.17) is 0 Å². The average Bonchev–Trinajstić information content (AvgIpc) is 2.79. The van der Waals surface area contributed by atoms with E-state index in [1.165, 1.54) is 0 Å². The summed E-state index contributed by atoms with van der Waals surface area (Å²) in [5.74, 6) is -0.146. The van der Waals surface area contributed by atoms with Gasteiger partial charge in [-0.15, -0.1) is 0 Å². The van der Waals surface area contributed by atoms with Crippen LogP contribution < -0.4 is 0 Å². The number of carbonyl (C=O) groups is 1. The molecule has 1 nitrogen and oxygen atoms in total. The van der Waals surface area contributed by atoms with E-state index in [0.717, 1.165) is 0 Å². The summed E-state index contributed by atoms with van der Waals surface area (Å²) >= 11 is 0. The van der Waals surface area contributed by atoms with Crippen molar-refractivity contribution in [1.82, 2.24) is 0 Å². The molecule has 0 N–H and O–H groups in total. The predicted octanol–water partition coefficient (Wildman–Crippen LogP) is 3.33. The first-order valence-corrected chi connectivity index (χ1v) is 4.88. The molecule has 1 rings (SSSR count). The van der Waals surface area contributed by atoms with Crippen LogP contribution in [0.15, 0.2) is 0 Å². The number of rotatable bonds is 4. The first-order valence-electron chi connectivity index (χ1n) is 4.88. The number of carbonyl (C=O) groups excluding carboxylic acids is 1. The molecule has 1 aliphatic rings. The van der Waals surface area contributed by atoms with Crippen molar-refractivity contribution in [2.24, 2.45) is 11.3 Å². The molecule has 0 bridgehead atoms. The van der Waals surface area contributed by atoms with E-state index in [2.05, 4.69) is 0 Å². The van der Waals surface area contributed by atoms with Gasteiger partial charge in [0, 0.05) is 17.8 Å². The Morgan fingerprint density at radius 3 is 2.14 bits per heavy atom. The maximum Gasteiger partial charge on any atom is 0.389 e. The Hall–Kier alpha value is -0.540. The van der Waals surface area contributed by atoms with Crippen molar-refractivity contribution in [3.8, 4) is 0 Å². The summed E-state index contributed by atoms with van der Waals surface area (Å²) in [6, 6.07) is 0. The van der Waals surface area contributed by atoms with E-state index in [-0.39, 0.29) is 18.1 Å². The molecule has 0 radical (unpaired) electrons. The molecule has 4 heteroatoms. The van der Waals surface area contributed by atoms with Crippen LogP contribution >= 0.6 is 0 Å². The highest BCUT2D eigenvalue weighted by Gasteiger charge is 2.51. The van der Waals surface area contributed by atoms with E-state index in [0.29, 0.717) is 12.8 Å². The second kappa shape index (κ2) is 3.55. The lowest BCUT2D eigenvalue weighted by Gasteiger charge is -2.17. The van der Waals surface area contributed by atoms with E-state index < -0.39 is 18.0 Å². The topological polar surface area (TPSA) is 17.1 Å². The van der Waals surface area contributed by atoms with Crippen molar-refractivity contribution in [3.05, 3.63) is 0 Å². The zero-order valence-electron chi connectivity index (χ0n) is 8.45. The molecule has 0 aromatic heterocycles. The van der Waals surface area contributed by atoms with Crippen molar-refractivity contribution < 1.29 is 18.0 Å². The lowest BCUT2D eigenvalue weighted by Crippen LogP contribution is -2.23. The van der Waals surface area contributed by atoms with Gasteiger partial charge in [-0.1, -0.05) is 13.8 Å². The normalized spacial score (nSPS) is 19.9. The smallest absolute Gasteiger partial charge is 0.299 e. The Labute approximate surface area is 81.7 Å². The minimum atomic E-state index is -4.13. The second-order valence-electron chi connectivity index (χ2n) is 4.41. The third-order valence-electron chi connectivity index (χ3n) is 2.79. The van der Waals surface area contributed by atoms with E-state index in [9.17, 15) is 18.0 Å². The van der Waals surface area contributed by atoms with Crippen LogP contribution in [-0.2, 0) is 4.79 Å². The van der Waals surface area contributed by atoms with Gasteiger partial charge < -0.3 is 0 Å². The molecule has 0 unspecified atom stereocenters. The summed E-state index contributed by atoms with van der Waals surface area (Å²) in [5, 5.41) is 0. The van der Waals surface area contributed by atoms with Gasteiger partial charge >= 0.3 is 6.18 Å². The molecular formula is C10H15F3O. The highest BCUT2D eigenvalue weighted by molar-refractivity contribution is 5.88. The molecular weight excluding hydrogens is 193 g/mol. The number of alkyl halides is 3. The van der Waals surface area contributed by atoms with Gasteiger partial charge in [0.05, 0.1) is 0 Å². The summed E-state index contributed by atoms with van der Waals surface area (Å²) in [4.78, 5) is 11.6.